The van der Waals surface area contributed by atoms with Gasteiger partial charge in [0.2, 0.25) is 0 Å². The molecule has 0 bridgehead atoms. The standard InChI is InChI=1S/C14H26N2O2/c1-16-9-12(5-6-14(17)18)7-13(10-16)15-8-11-3-2-4-11/h11-13,15H,2-10H2,1H3,(H,17,18). The topological polar surface area (TPSA) is 52.6 Å². The zero-order chi connectivity index (χ0) is 13.0. The van der Waals surface area contributed by atoms with Crippen molar-refractivity contribution in [1.82, 2.24) is 10.2 Å². The summed E-state index contributed by atoms with van der Waals surface area (Å²) in [6.45, 7) is 3.31. The fraction of sp³-hybridized carbons (Fsp3) is 0.929. The van der Waals surface area contributed by atoms with Gasteiger partial charge in [-0.25, -0.2) is 0 Å². The van der Waals surface area contributed by atoms with Gasteiger partial charge in [-0.1, -0.05) is 6.42 Å². The van der Waals surface area contributed by atoms with E-state index in [9.17, 15) is 4.79 Å². The van der Waals surface area contributed by atoms with Crippen LogP contribution in [0.25, 0.3) is 0 Å². The van der Waals surface area contributed by atoms with Gasteiger partial charge in [0.05, 0.1) is 0 Å². The molecule has 4 nitrogen and oxygen atoms in total. The Hall–Kier alpha value is -0.610. The molecule has 0 aromatic heterocycles. The summed E-state index contributed by atoms with van der Waals surface area (Å²) in [6.07, 6.45) is 6.45. The van der Waals surface area contributed by atoms with Gasteiger partial charge in [-0.2, -0.15) is 0 Å². The van der Waals surface area contributed by atoms with Gasteiger partial charge in [0, 0.05) is 25.6 Å². The number of carboxylic acid groups (broad SMARTS) is 1. The molecule has 1 aliphatic heterocycles. The molecule has 18 heavy (non-hydrogen) atoms. The minimum atomic E-state index is -0.665. The van der Waals surface area contributed by atoms with Crippen molar-refractivity contribution in [2.75, 3.05) is 26.7 Å². The van der Waals surface area contributed by atoms with Crippen molar-refractivity contribution in [3.8, 4) is 0 Å². The lowest BCUT2D eigenvalue weighted by Crippen LogP contribution is -2.49. The zero-order valence-electron chi connectivity index (χ0n) is 11.4. The Bertz CT molecular complexity index is 279. The number of hydrogen-bond acceptors (Lipinski definition) is 3. The Balaban J connectivity index is 1.70. The highest BCUT2D eigenvalue weighted by Gasteiger charge is 2.26. The van der Waals surface area contributed by atoms with Crippen molar-refractivity contribution in [1.29, 1.82) is 0 Å². The second-order valence-corrected chi connectivity index (χ2v) is 6.16. The first-order valence-corrected chi connectivity index (χ1v) is 7.27. The molecular formula is C14H26N2O2. The van der Waals surface area contributed by atoms with E-state index in [-0.39, 0.29) is 0 Å². The average molecular weight is 254 g/mol. The van der Waals surface area contributed by atoms with E-state index in [1.165, 1.54) is 19.3 Å². The first-order valence-electron chi connectivity index (χ1n) is 7.27. The molecule has 2 unspecified atom stereocenters. The molecule has 2 N–H and O–H groups in total. The lowest BCUT2D eigenvalue weighted by atomic mass is 9.84. The summed E-state index contributed by atoms with van der Waals surface area (Å²) in [7, 11) is 2.14. The number of carbonyl (C=O) groups is 1. The second-order valence-electron chi connectivity index (χ2n) is 6.16. The van der Waals surface area contributed by atoms with Crippen molar-refractivity contribution in [2.45, 2.75) is 44.6 Å². The number of carboxylic acids is 1. The lowest BCUT2D eigenvalue weighted by molar-refractivity contribution is -0.137. The van der Waals surface area contributed by atoms with Crippen molar-refractivity contribution < 1.29 is 9.90 Å². The van der Waals surface area contributed by atoms with E-state index in [1.54, 1.807) is 0 Å². The predicted molar refractivity (Wildman–Crippen MR) is 71.6 cm³/mol. The average Bonchev–Trinajstić information content (AvgIpc) is 2.23. The Kier molecular flexibility index (Phi) is 5.01. The normalized spacial score (nSPS) is 30.1. The molecule has 2 aliphatic rings. The molecule has 1 aliphatic carbocycles. The van der Waals surface area contributed by atoms with Gasteiger partial charge in [-0.05, 0) is 51.1 Å². The summed E-state index contributed by atoms with van der Waals surface area (Å²) >= 11 is 0. The van der Waals surface area contributed by atoms with Crippen LogP contribution in [0.5, 0.6) is 0 Å². The molecular weight excluding hydrogens is 228 g/mol. The van der Waals surface area contributed by atoms with Crippen LogP contribution in [-0.2, 0) is 4.79 Å². The molecule has 0 aromatic rings. The number of nitrogens with zero attached hydrogens (tertiary/aromatic N) is 1. The predicted octanol–water partition coefficient (Wildman–Crippen LogP) is 1.56. The van der Waals surface area contributed by atoms with Crippen LogP contribution in [0.1, 0.15) is 38.5 Å². The van der Waals surface area contributed by atoms with Gasteiger partial charge < -0.3 is 15.3 Å². The maximum Gasteiger partial charge on any atom is 0.303 e. The van der Waals surface area contributed by atoms with Crippen LogP contribution in [0, 0.1) is 11.8 Å². The first kappa shape index (κ1) is 13.8. The second kappa shape index (κ2) is 6.53. The highest BCUT2D eigenvalue weighted by molar-refractivity contribution is 5.66. The Morgan fingerprint density at radius 2 is 2.11 bits per heavy atom. The lowest BCUT2D eigenvalue weighted by Gasteiger charge is -2.37. The third-order valence-corrected chi connectivity index (χ3v) is 4.41. The van der Waals surface area contributed by atoms with Gasteiger partial charge >= 0.3 is 5.97 Å². The first-order chi connectivity index (χ1) is 8.63. The highest BCUT2D eigenvalue weighted by atomic mass is 16.4. The summed E-state index contributed by atoms with van der Waals surface area (Å²) in [4.78, 5) is 13.0. The van der Waals surface area contributed by atoms with E-state index in [0.717, 1.165) is 38.4 Å². The molecule has 0 radical (unpaired) electrons. The molecule has 104 valence electrons. The molecule has 2 fully saturated rings. The summed E-state index contributed by atoms with van der Waals surface area (Å²) in [5.74, 6) is 0.774. The molecule has 0 amide bonds. The molecule has 0 spiro atoms. The maximum atomic E-state index is 10.6. The van der Waals surface area contributed by atoms with Gasteiger partial charge in [0.1, 0.15) is 0 Å². The number of aliphatic carboxylic acids is 1. The molecule has 1 heterocycles. The van der Waals surface area contributed by atoms with Crippen LogP contribution in [0.3, 0.4) is 0 Å². The number of rotatable bonds is 6. The van der Waals surface area contributed by atoms with E-state index in [2.05, 4.69) is 17.3 Å². The monoisotopic (exact) mass is 254 g/mol. The number of nitrogens with one attached hydrogen (secondary N) is 1. The quantitative estimate of drug-likeness (QED) is 0.755. The van der Waals surface area contributed by atoms with Gasteiger partial charge in [0.25, 0.3) is 0 Å². The van der Waals surface area contributed by atoms with E-state index < -0.39 is 5.97 Å². The van der Waals surface area contributed by atoms with Gasteiger partial charge in [-0.3, -0.25) is 4.79 Å². The summed E-state index contributed by atoms with van der Waals surface area (Å²) in [6, 6.07) is 0.558. The molecule has 1 saturated heterocycles. The fourth-order valence-electron chi connectivity index (χ4n) is 3.16. The molecule has 2 rings (SSSR count). The fourth-order valence-corrected chi connectivity index (χ4v) is 3.16. The minimum absolute atomic E-state index is 0.313. The number of piperidine rings is 1. The summed E-state index contributed by atoms with van der Waals surface area (Å²) in [5.41, 5.74) is 0. The van der Waals surface area contributed by atoms with Gasteiger partial charge in [0.15, 0.2) is 0 Å². The minimum Gasteiger partial charge on any atom is -0.481 e. The highest BCUT2D eigenvalue weighted by Crippen LogP contribution is 2.26. The molecule has 0 aromatic carbocycles. The van der Waals surface area contributed by atoms with Crippen molar-refractivity contribution in [2.24, 2.45) is 11.8 Å². The van der Waals surface area contributed by atoms with Crippen LogP contribution in [-0.4, -0.2) is 48.7 Å². The summed E-state index contributed by atoms with van der Waals surface area (Å²) in [5, 5.41) is 12.4. The van der Waals surface area contributed by atoms with E-state index in [4.69, 9.17) is 5.11 Å². The van der Waals surface area contributed by atoms with E-state index >= 15 is 0 Å². The molecule has 4 heteroatoms. The van der Waals surface area contributed by atoms with E-state index in [1.807, 2.05) is 0 Å². The van der Waals surface area contributed by atoms with Crippen LogP contribution < -0.4 is 5.32 Å². The number of likely N-dealkylation sites (tertiary alicyclic amines) is 1. The number of hydrogen-bond donors (Lipinski definition) is 2. The largest absolute Gasteiger partial charge is 0.481 e. The van der Waals surface area contributed by atoms with Crippen molar-refractivity contribution in [3.05, 3.63) is 0 Å². The van der Waals surface area contributed by atoms with Crippen LogP contribution in [0.2, 0.25) is 0 Å². The van der Waals surface area contributed by atoms with Crippen molar-refractivity contribution >= 4 is 5.97 Å². The van der Waals surface area contributed by atoms with Crippen LogP contribution in [0.15, 0.2) is 0 Å². The van der Waals surface area contributed by atoms with Crippen LogP contribution in [0.4, 0.5) is 0 Å². The third-order valence-electron chi connectivity index (χ3n) is 4.41. The summed E-state index contributed by atoms with van der Waals surface area (Å²) < 4.78 is 0. The Labute approximate surface area is 110 Å². The maximum absolute atomic E-state index is 10.6. The molecule has 1 saturated carbocycles. The Morgan fingerprint density at radius 1 is 1.33 bits per heavy atom. The van der Waals surface area contributed by atoms with Crippen LogP contribution >= 0.6 is 0 Å². The van der Waals surface area contributed by atoms with Crippen molar-refractivity contribution in [3.63, 3.8) is 0 Å². The SMILES string of the molecule is CN1CC(CCC(=O)O)CC(NCC2CCC2)C1. The van der Waals surface area contributed by atoms with E-state index in [0.29, 0.717) is 18.4 Å². The third kappa shape index (κ3) is 4.25. The molecule has 2 atom stereocenters. The smallest absolute Gasteiger partial charge is 0.303 e. The zero-order valence-corrected chi connectivity index (χ0v) is 11.4. The van der Waals surface area contributed by atoms with Gasteiger partial charge in [-0.15, -0.1) is 0 Å². The Morgan fingerprint density at radius 3 is 2.72 bits per heavy atom. The number of likely N-dealkylation sites (N-methyl/N-ethyl adjacent to an activating group) is 1.